The first-order chi connectivity index (χ1) is 17.9. The summed E-state index contributed by atoms with van der Waals surface area (Å²) in [5, 5.41) is 4.10. The van der Waals surface area contributed by atoms with E-state index in [2.05, 4.69) is 51.7 Å². The van der Waals surface area contributed by atoms with Gasteiger partial charge >= 0.3 is 0 Å². The van der Waals surface area contributed by atoms with Crippen molar-refractivity contribution in [1.29, 1.82) is 0 Å². The smallest absolute Gasteiger partial charge is 0.224 e. The Labute approximate surface area is 233 Å². The molecule has 0 saturated carbocycles. The molecular weight excluding hydrogens is 494 g/mol. The largest absolute Gasteiger partial charge is 0.353 e. The number of nitrogens with one attached hydrogen (secondary N) is 1. The van der Waals surface area contributed by atoms with Gasteiger partial charge in [0, 0.05) is 43.8 Å². The van der Waals surface area contributed by atoms with Crippen molar-refractivity contribution in [3.05, 3.63) is 40.9 Å². The minimum absolute atomic E-state index is 0.0335. The second-order valence-electron chi connectivity index (χ2n) is 11.2. The molecule has 0 aliphatic heterocycles. The lowest BCUT2D eigenvalue weighted by Crippen LogP contribution is -2.43. The van der Waals surface area contributed by atoms with E-state index in [4.69, 9.17) is 4.98 Å². The van der Waals surface area contributed by atoms with Gasteiger partial charge in [-0.15, -0.1) is 11.3 Å². The van der Waals surface area contributed by atoms with Gasteiger partial charge in [-0.1, -0.05) is 53.7 Å². The topological polar surface area (TPSA) is 79.4 Å². The van der Waals surface area contributed by atoms with Gasteiger partial charge in [0.2, 0.25) is 5.91 Å². The number of hydrogen-bond donors (Lipinski definition) is 1. The standard InChI is InChI=1S/C31H47N3O3S/c1-9-11-25(35)16-24(18-30-32-27-13-12-23(20(3)4)17-29(27)38-30)31(37)33-26(21(5)10-2)14-15-28(36)22(6)19-34(7)8/h12-13,17,20-21,24,26H,6,9-11,14-16,18-19H2,1-5,7-8H3,(H,33,37)/t21-,24-,26+/m0/s1. The Balaban J connectivity index is 2.20. The molecule has 210 valence electrons. The van der Waals surface area contributed by atoms with Crippen LogP contribution in [0.3, 0.4) is 0 Å². The van der Waals surface area contributed by atoms with E-state index in [1.807, 2.05) is 32.0 Å². The number of amides is 1. The Kier molecular flexibility index (Phi) is 12.8. The minimum Gasteiger partial charge on any atom is -0.353 e. The van der Waals surface area contributed by atoms with E-state index in [0.29, 0.717) is 43.7 Å². The first kappa shape index (κ1) is 31.8. The van der Waals surface area contributed by atoms with Crippen LogP contribution in [-0.2, 0) is 20.8 Å². The zero-order valence-corrected chi connectivity index (χ0v) is 25.2. The van der Waals surface area contributed by atoms with E-state index in [0.717, 1.165) is 28.1 Å². The number of carbonyl (C=O) groups excluding carboxylic acids is 3. The Bertz CT molecular complexity index is 1100. The zero-order valence-electron chi connectivity index (χ0n) is 24.4. The normalized spacial score (nSPS) is 14.0. The summed E-state index contributed by atoms with van der Waals surface area (Å²) in [6, 6.07) is 6.19. The minimum atomic E-state index is -0.481. The van der Waals surface area contributed by atoms with E-state index in [1.165, 1.54) is 5.56 Å². The van der Waals surface area contributed by atoms with Gasteiger partial charge in [-0.05, 0) is 56.5 Å². The Morgan fingerprint density at radius 3 is 2.42 bits per heavy atom. The lowest BCUT2D eigenvalue weighted by Gasteiger charge is -2.27. The molecule has 0 aliphatic carbocycles. The number of benzene rings is 1. The van der Waals surface area contributed by atoms with Crippen molar-refractivity contribution in [3.63, 3.8) is 0 Å². The molecule has 1 N–H and O–H groups in total. The van der Waals surface area contributed by atoms with Crippen LogP contribution in [0.5, 0.6) is 0 Å². The molecule has 1 amide bonds. The predicted molar refractivity (Wildman–Crippen MR) is 159 cm³/mol. The number of thiazole rings is 1. The van der Waals surface area contributed by atoms with Crippen molar-refractivity contribution in [2.45, 2.75) is 91.5 Å². The highest BCUT2D eigenvalue weighted by molar-refractivity contribution is 7.18. The molecule has 6 nitrogen and oxygen atoms in total. The summed E-state index contributed by atoms with van der Waals surface area (Å²) in [5.41, 5.74) is 2.78. The van der Waals surface area contributed by atoms with Crippen LogP contribution in [0.4, 0.5) is 0 Å². The molecule has 7 heteroatoms. The molecule has 0 saturated heterocycles. The number of aromatic nitrogens is 1. The molecule has 0 spiro atoms. The zero-order chi connectivity index (χ0) is 28.4. The molecule has 2 aromatic rings. The maximum Gasteiger partial charge on any atom is 0.224 e. The summed E-state index contributed by atoms with van der Waals surface area (Å²) in [6.07, 6.45) is 3.66. The summed E-state index contributed by atoms with van der Waals surface area (Å²) in [5.74, 6) is 0.168. The Morgan fingerprint density at radius 1 is 1.11 bits per heavy atom. The monoisotopic (exact) mass is 541 g/mol. The number of Topliss-reactive ketones (excluding diaryl/α,β-unsaturated/α-hetero) is 2. The molecule has 38 heavy (non-hydrogen) atoms. The SMILES string of the molecule is C=C(CN(C)C)C(=O)CC[C@@H](NC(=O)[C@@H](CC(=O)CCC)Cc1nc2ccc(C(C)C)cc2s1)[C@@H](C)CC. The maximum absolute atomic E-state index is 13.6. The third kappa shape index (κ3) is 9.73. The Hall–Kier alpha value is -2.38. The van der Waals surface area contributed by atoms with Crippen molar-refractivity contribution in [2.75, 3.05) is 20.6 Å². The molecule has 0 radical (unpaired) electrons. The summed E-state index contributed by atoms with van der Waals surface area (Å²) >= 11 is 1.61. The number of hydrogen-bond acceptors (Lipinski definition) is 6. The van der Waals surface area contributed by atoms with Gasteiger partial charge in [0.05, 0.1) is 21.1 Å². The Morgan fingerprint density at radius 2 is 1.82 bits per heavy atom. The molecular formula is C31H47N3O3S. The summed E-state index contributed by atoms with van der Waals surface area (Å²) < 4.78 is 1.11. The van der Waals surface area contributed by atoms with Crippen LogP contribution in [0.2, 0.25) is 0 Å². The van der Waals surface area contributed by atoms with Gasteiger partial charge in [-0.2, -0.15) is 0 Å². The van der Waals surface area contributed by atoms with E-state index >= 15 is 0 Å². The first-order valence-electron chi connectivity index (χ1n) is 14.0. The molecule has 2 rings (SSSR count). The van der Waals surface area contributed by atoms with E-state index in [1.54, 1.807) is 11.3 Å². The highest BCUT2D eigenvalue weighted by Gasteiger charge is 2.28. The quantitative estimate of drug-likeness (QED) is 0.237. The lowest BCUT2D eigenvalue weighted by molar-refractivity contribution is -0.130. The fraction of sp³-hybridized carbons (Fsp3) is 0.613. The van der Waals surface area contributed by atoms with E-state index < -0.39 is 5.92 Å². The van der Waals surface area contributed by atoms with Crippen LogP contribution >= 0.6 is 11.3 Å². The molecule has 3 atom stereocenters. The highest BCUT2D eigenvalue weighted by atomic mass is 32.1. The molecule has 1 heterocycles. The van der Waals surface area contributed by atoms with Crippen LogP contribution in [0, 0.1) is 11.8 Å². The summed E-state index contributed by atoms with van der Waals surface area (Å²) in [7, 11) is 3.82. The van der Waals surface area contributed by atoms with Gasteiger partial charge in [0.15, 0.2) is 5.78 Å². The molecule has 1 aromatic heterocycles. The number of carbonyl (C=O) groups is 3. The molecule has 0 unspecified atom stereocenters. The number of nitrogens with zero attached hydrogens (tertiary/aromatic N) is 2. The fourth-order valence-electron chi connectivity index (χ4n) is 4.58. The van der Waals surface area contributed by atoms with E-state index in [9.17, 15) is 14.4 Å². The first-order valence-corrected chi connectivity index (χ1v) is 14.8. The summed E-state index contributed by atoms with van der Waals surface area (Å²) in [4.78, 5) is 45.6. The third-order valence-electron chi connectivity index (χ3n) is 7.16. The number of likely N-dealkylation sites (N-methyl/N-ethyl adjacent to an activating group) is 1. The average molecular weight is 542 g/mol. The summed E-state index contributed by atoms with van der Waals surface area (Å²) in [6.45, 7) is 15.0. The second kappa shape index (κ2) is 15.3. The van der Waals surface area contributed by atoms with E-state index in [-0.39, 0.29) is 35.9 Å². The van der Waals surface area contributed by atoms with Crippen molar-refractivity contribution in [3.8, 4) is 0 Å². The molecule has 1 aromatic carbocycles. The maximum atomic E-state index is 13.6. The molecule has 0 fully saturated rings. The van der Waals surface area contributed by atoms with Gasteiger partial charge < -0.3 is 10.2 Å². The van der Waals surface area contributed by atoms with Crippen LogP contribution in [0.25, 0.3) is 10.2 Å². The van der Waals surface area contributed by atoms with Gasteiger partial charge in [0.1, 0.15) is 5.78 Å². The number of fused-ring (bicyclic) bond motifs is 1. The van der Waals surface area contributed by atoms with Crippen LogP contribution in [0.15, 0.2) is 30.4 Å². The lowest BCUT2D eigenvalue weighted by atomic mass is 9.91. The van der Waals surface area contributed by atoms with Crippen LogP contribution in [-0.4, -0.2) is 54.0 Å². The van der Waals surface area contributed by atoms with Gasteiger partial charge in [-0.3, -0.25) is 14.4 Å². The van der Waals surface area contributed by atoms with Crippen molar-refractivity contribution in [1.82, 2.24) is 15.2 Å². The average Bonchev–Trinajstić information content (AvgIpc) is 3.26. The van der Waals surface area contributed by atoms with Crippen molar-refractivity contribution < 1.29 is 14.4 Å². The van der Waals surface area contributed by atoms with Crippen LogP contribution in [0.1, 0.15) is 89.6 Å². The van der Waals surface area contributed by atoms with Gasteiger partial charge in [0.25, 0.3) is 0 Å². The van der Waals surface area contributed by atoms with Crippen molar-refractivity contribution in [2.24, 2.45) is 11.8 Å². The predicted octanol–water partition coefficient (Wildman–Crippen LogP) is 6.34. The molecule has 0 bridgehead atoms. The second-order valence-corrected chi connectivity index (χ2v) is 12.3. The fourth-order valence-corrected chi connectivity index (χ4v) is 5.67. The number of rotatable bonds is 17. The molecule has 0 aliphatic rings. The van der Waals surface area contributed by atoms with Gasteiger partial charge in [-0.25, -0.2) is 4.98 Å². The van der Waals surface area contributed by atoms with Crippen molar-refractivity contribution >= 4 is 39.0 Å². The number of ketones is 2. The van der Waals surface area contributed by atoms with Crippen LogP contribution < -0.4 is 5.32 Å². The third-order valence-corrected chi connectivity index (χ3v) is 8.20. The highest BCUT2D eigenvalue weighted by Crippen LogP contribution is 2.29.